The fourth-order valence-corrected chi connectivity index (χ4v) is 2.65. The van der Waals surface area contributed by atoms with Gasteiger partial charge in [-0.1, -0.05) is 0 Å². The topological polar surface area (TPSA) is 84.8 Å². The smallest absolute Gasteiger partial charge is 0.157 e. The van der Waals surface area contributed by atoms with Crippen molar-refractivity contribution in [2.75, 3.05) is 18.4 Å². The van der Waals surface area contributed by atoms with Crippen molar-refractivity contribution in [3.05, 3.63) is 47.5 Å². The summed E-state index contributed by atoms with van der Waals surface area (Å²) in [6.45, 7) is 1.49. The molecule has 0 saturated carbocycles. The summed E-state index contributed by atoms with van der Waals surface area (Å²) in [5, 5.41) is 35.2. The van der Waals surface area contributed by atoms with Gasteiger partial charge < -0.3 is 26.0 Å². The Morgan fingerprint density at radius 1 is 1.05 bits per heavy atom. The van der Waals surface area contributed by atoms with Gasteiger partial charge in [0.1, 0.15) is 5.75 Å². The van der Waals surface area contributed by atoms with Crippen LogP contribution in [-0.4, -0.2) is 28.4 Å². The predicted molar refractivity (Wildman–Crippen MR) is 80.8 cm³/mol. The van der Waals surface area contributed by atoms with E-state index in [1.807, 2.05) is 12.1 Å². The van der Waals surface area contributed by atoms with Gasteiger partial charge in [-0.05, 0) is 60.5 Å². The highest BCUT2D eigenvalue weighted by Gasteiger charge is 2.21. The number of hydrogen-bond acceptors (Lipinski definition) is 5. The molecule has 0 bridgehead atoms. The van der Waals surface area contributed by atoms with Crippen molar-refractivity contribution in [1.82, 2.24) is 5.32 Å². The fourth-order valence-electron chi connectivity index (χ4n) is 2.65. The van der Waals surface area contributed by atoms with Gasteiger partial charge in [0, 0.05) is 18.3 Å². The molecule has 1 heterocycles. The van der Waals surface area contributed by atoms with Crippen molar-refractivity contribution in [2.45, 2.75) is 12.5 Å². The lowest BCUT2D eigenvalue weighted by atomic mass is 9.93. The second-order valence-corrected chi connectivity index (χ2v) is 5.22. The van der Waals surface area contributed by atoms with Crippen LogP contribution in [0.5, 0.6) is 17.2 Å². The number of anilines is 1. The third-order valence-corrected chi connectivity index (χ3v) is 3.77. The maximum atomic E-state index is 9.68. The SMILES string of the molecule is Oc1ccc(NCC2NCCc3cc(O)c(O)cc32)cc1. The molecule has 2 aromatic carbocycles. The van der Waals surface area contributed by atoms with Crippen molar-refractivity contribution < 1.29 is 15.3 Å². The van der Waals surface area contributed by atoms with E-state index in [1.165, 1.54) is 0 Å². The molecule has 0 aliphatic carbocycles. The number of phenols is 3. The van der Waals surface area contributed by atoms with Crippen molar-refractivity contribution in [3.8, 4) is 17.2 Å². The van der Waals surface area contributed by atoms with Gasteiger partial charge in [-0.3, -0.25) is 0 Å². The van der Waals surface area contributed by atoms with Crippen molar-refractivity contribution in [2.24, 2.45) is 0 Å². The molecule has 5 N–H and O–H groups in total. The van der Waals surface area contributed by atoms with E-state index < -0.39 is 0 Å². The lowest BCUT2D eigenvalue weighted by Crippen LogP contribution is -2.34. The van der Waals surface area contributed by atoms with Crippen LogP contribution in [0.25, 0.3) is 0 Å². The minimum atomic E-state index is -0.0907. The van der Waals surface area contributed by atoms with E-state index in [1.54, 1.807) is 24.3 Å². The predicted octanol–water partition coefficient (Wildman–Crippen LogP) is 2.10. The summed E-state index contributed by atoms with van der Waals surface area (Å²) in [7, 11) is 0. The molecule has 5 heteroatoms. The summed E-state index contributed by atoms with van der Waals surface area (Å²) >= 11 is 0. The Balaban J connectivity index is 1.76. The average molecular weight is 286 g/mol. The molecule has 0 amide bonds. The Bertz CT molecular complexity index is 641. The molecule has 0 radical (unpaired) electrons. The molecule has 0 spiro atoms. The first-order valence-electron chi connectivity index (χ1n) is 6.94. The lowest BCUT2D eigenvalue weighted by Gasteiger charge is -2.28. The molecule has 5 nitrogen and oxygen atoms in total. The maximum Gasteiger partial charge on any atom is 0.157 e. The normalized spacial score (nSPS) is 17.2. The zero-order valence-corrected chi connectivity index (χ0v) is 11.5. The summed E-state index contributed by atoms with van der Waals surface area (Å²) < 4.78 is 0. The highest BCUT2D eigenvalue weighted by atomic mass is 16.3. The van der Waals surface area contributed by atoms with Crippen LogP contribution in [0.2, 0.25) is 0 Å². The van der Waals surface area contributed by atoms with Crippen LogP contribution in [-0.2, 0) is 6.42 Å². The molecule has 2 aromatic rings. The van der Waals surface area contributed by atoms with E-state index in [0.717, 1.165) is 29.8 Å². The molecule has 1 atom stereocenters. The number of benzene rings is 2. The second-order valence-electron chi connectivity index (χ2n) is 5.22. The third kappa shape index (κ3) is 2.87. The standard InChI is InChI=1S/C16H18N2O3/c19-12-3-1-11(2-4-12)18-9-14-13-8-16(21)15(20)7-10(13)5-6-17-14/h1-4,7-8,14,17-21H,5-6,9H2. The van der Waals surface area contributed by atoms with E-state index >= 15 is 0 Å². The molecule has 1 unspecified atom stereocenters. The Kier molecular flexibility index (Phi) is 3.58. The van der Waals surface area contributed by atoms with Crippen molar-refractivity contribution in [1.29, 1.82) is 0 Å². The summed E-state index contributed by atoms with van der Waals surface area (Å²) in [6, 6.07) is 10.2. The summed E-state index contributed by atoms with van der Waals surface area (Å²) in [4.78, 5) is 0. The van der Waals surface area contributed by atoms with Crippen LogP contribution in [0.4, 0.5) is 5.69 Å². The minimum Gasteiger partial charge on any atom is -0.508 e. The summed E-state index contributed by atoms with van der Waals surface area (Å²) in [5.41, 5.74) is 2.98. The quantitative estimate of drug-likeness (QED) is 0.441. The molecule has 110 valence electrons. The van der Waals surface area contributed by atoms with Crippen LogP contribution in [0, 0.1) is 0 Å². The molecule has 1 aliphatic heterocycles. The van der Waals surface area contributed by atoms with Gasteiger partial charge in [0.25, 0.3) is 0 Å². The van der Waals surface area contributed by atoms with Crippen molar-refractivity contribution in [3.63, 3.8) is 0 Å². The molecule has 1 aliphatic rings. The Morgan fingerprint density at radius 3 is 2.52 bits per heavy atom. The summed E-state index contributed by atoms with van der Waals surface area (Å²) in [5.74, 6) is 0.0788. The number of nitrogens with one attached hydrogen (secondary N) is 2. The van der Waals surface area contributed by atoms with Gasteiger partial charge in [0.05, 0.1) is 0 Å². The second kappa shape index (κ2) is 5.54. The fraction of sp³-hybridized carbons (Fsp3) is 0.250. The number of phenolic OH excluding ortho intramolecular Hbond substituents is 3. The van der Waals surface area contributed by atoms with Crippen LogP contribution in [0.1, 0.15) is 17.2 Å². The largest absolute Gasteiger partial charge is 0.508 e. The van der Waals surface area contributed by atoms with Gasteiger partial charge in [-0.25, -0.2) is 0 Å². The molecule has 0 aromatic heterocycles. The third-order valence-electron chi connectivity index (χ3n) is 3.77. The Morgan fingerprint density at radius 2 is 1.76 bits per heavy atom. The lowest BCUT2D eigenvalue weighted by molar-refractivity contribution is 0.399. The average Bonchev–Trinajstić information content (AvgIpc) is 2.48. The van der Waals surface area contributed by atoms with E-state index in [9.17, 15) is 15.3 Å². The highest BCUT2D eigenvalue weighted by Crippen LogP contribution is 2.33. The molecule has 0 fully saturated rings. The van der Waals surface area contributed by atoms with Crippen LogP contribution < -0.4 is 10.6 Å². The van der Waals surface area contributed by atoms with E-state index in [0.29, 0.717) is 6.54 Å². The molecule has 0 saturated heterocycles. The van der Waals surface area contributed by atoms with Gasteiger partial charge in [-0.15, -0.1) is 0 Å². The molecular formula is C16H18N2O3. The number of aromatic hydroxyl groups is 3. The van der Waals surface area contributed by atoms with Gasteiger partial charge in [0.2, 0.25) is 0 Å². The zero-order valence-electron chi connectivity index (χ0n) is 11.5. The van der Waals surface area contributed by atoms with E-state index in [-0.39, 0.29) is 23.3 Å². The monoisotopic (exact) mass is 286 g/mol. The minimum absolute atomic E-state index is 0.0639. The first-order valence-corrected chi connectivity index (χ1v) is 6.94. The van der Waals surface area contributed by atoms with E-state index in [2.05, 4.69) is 10.6 Å². The molecular weight excluding hydrogens is 268 g/mol. The van der Waals surface area contributed by atoms with Crippen molar-refractivity contribution >= 4 is 5.69 Å². The molecule has 21 heavy (non-hydrogen) atoms. The van der Waals surface area contributed by atoms with Gasteiger partial charge in [0.15, 0.2) is 11.5 Å². The first-order chi connectivity index (χ1) is 10.1. The highest BCUT2D eigenvalue weighted by molar-refractivity contribution is 5.50. The van der Waals surface area contributed by atoms with Gasteiger partial charge >= 0.3 is 0 Å². The first kappa shape index (κ1) is 13.6. The Hall–Kier alpha value is -2.40. The Labute approximate surface area is 122 Å². The zero-order chi connectivity index (χ0) is 14.8. The van der Waals surface area contributed by atoms with E-state index in [4.69, 9.17) is 0 Å². The number of hydrogen-bond donors (Lipinski definition) is 5. The van der Waals surface area contributed by atoms with Crippen LogP contribution in [0.15, 0.2) is 36.4 Å². The maximum absolute atomic E-state index is 9.68. The number of fused-ring (bicyclic) bond motifs is 1. The van der Waals surface area contributed by atoms with Gasteiger partial charge in [-0.2, -0.15) is 0 Å². The number of rotatable bonds is 3. The molecule has 3 rings (SSSR count). The van der Waals surface area contributed by atoms with Crippen LogP contribution >= 0.6 is 0 Å². The summed E-state index contributed by atoms with van der Waals surface area (Å²) in [6.07, 6.45) is 0.832. The van der Waals surface area contributed by atoms with Crippen LogP contribution in [0.3, 0.4) is 0 Å².